The van der Waals surface area contributed by atoms with Gasteiger partial charge in [0.25, 0.3) is 0 Å². The van der Waals surface area contributed by atoms with Crippen LogP contribution in [0.4, 0.5) is 0 Å². The van der Waals surface area contributed by atoms with Crippen LogP contribution in [0.1, 0.15) is 78.6 Å². The van der Waals surface area contributed by atoms with Gasteiger partial charge in [-0.3, -0.25) is 4.79 Å². The average molecular weight is 331 g/mol. The van der Waals surface area contributed by atoms with Crippen molar-refractivity contribution >= 4 is 5.97 Å². The largest absolute Gasteiger partial charge is 0.465 e. The molecule has 0 aromatic carbocycles. The minimum atomic E-state index is -0.127. The highest BCUT2D eigenvalue weighted by atomic mass is 16.5. The molecule has 0 aliphatic carbocycles. The first-order chi connectivity index (χ1) is 11.2. The molecule has 0 aliphatic rings. The second-order valence-electron chi connectivity index (χ2n) is 6.53. The summed E-state index contributed by atoms with van der Waals surface area (Å²) < 4.78 is 16.1. The molecule has 0 bridgehead atoms. The van der Waals surface area contributed by atoms with Crippen molar-refractivity contribution in [2.75, 3.05) is 33.0 Å². The monoisotopic (exact) mass is 330 g/mol. The van der Waals surface area contributed by atoms with Gasteiger partial charge in [0.05, 0.1) is 19.8 Å². The van der Waals surface area contributed by atoms with Crippen LogP contribution >= 0.6 is 0 Å². The molecule has 0 aromatic rings. The van der Waals surface area contributed by atoms with Crippen molar-refractivity contribution < 1.29 is 19.0 Å². The third-order valence-electron chi connectivity index (χ3n) is 3.51. The van der Waals surface area contributed by atoms with Crippen LogP contribution in [-0.2, 0) is 19.0 Å². The van der Waals surface area contributed by atoms with Crippen LogP contribution in [-0.4, -0.2) is 39.0 Å². The Balaban J connectivity index is 3.09. The molecule has 138 valence electrons. The van der Waals surface area contributed by atoms with Crippen molar-refractivity contribution in [3.05, 3.63) is 0 Å². The molecule has 0 saturated carbocycles. The standard InChI is InChI=1S/C19H38O4/c1-4-5-6-7-8-9-10-13-21-15-16-22-14-11-12-19(20)23-17-18(2)3/h18H,4-17H2,1-3H3. The van der Waals surface area contributed by atoms with Crippen LogP contribution in [0.15, 0.2) is 0 Å². The van der Waals surface area contributed by atoms with Gasteiger partial charge >= 0.3 is 5.97 Å². The van der Waals surface area contributed by atoms with E-state index in [0.717, 1.165) is 13.0 Å². The Morgan fingerprint density at radius 1 is 0.783 bits per heavy atom. The average Bonchev–Trinajstić information content (AvgIpc) is 2.53. The van der Waals surface area contributed by atoms with Gasteiger partial charge in [0.2, 0.25) is 0 Å². The number of esters is 1. The molecule has 0 aliphatic heterocycles. The molecule has 0 aromatic heterocycles. The number of hydrogen-bond donors (Lipinski definition) is 0. The fraction of sp³-hybridized carbons (Fsp3) is 0.947. The molecule has 0 unspecified atom stereocenters. The van der Waals surface area contributed by atoms with Crippen LogP contribution in [0, 0.1) is 5.92 Å². The SMILES string of the molecule is CCCCCCCCCOCCOCCCC(=O)OCC(C)C. The highest BCUT2D eigenvalue weighted by molar-refractivity contribution is 5.69. The number of unbranched alkanes of at least 4 members (excludes halogenated alkanes) is 6. The number of carbonyl (C=O) groups excluding carboxylic acids is 1. The van der Waals surface area contributed by atoms with Gasteiger partial charge in [-0.2, -0.15) is 0 Å². The lowest BCUT2D eigenvalue weighted by atomic mass is 10.1. The molecule has 4 nitrogen and oxygen atoms in total. The first-order valence-electron chi connectivity index (χ1n) is 9.48. The Bertz CT molecular complexity index is 254. The Morgan fingerprint density at radius 2 is 1.35 bits per heavy atom. The van der Waals surface area contributed by atoms with Crippen LogP contribution in [0.5, 0.6) is 0 Å². The fourth-order valence-corrected chi connectivity index (χ4v) is 2.13. The van der Waals surface area contributed by atoms with Gasteiger partial charge in [-0.05, 0) is 18.8 Å². The highest BCUT2D eigenvalue weighted by Gasteiger charge is 2.03. The maximum atomic E-state index is 11.4. The number of hydrogen-bond acceptors (Lipinski definition) is 4. The molecule has 0 amide bonds. The first kappa shape index (κ1) is 22.4. The molecule has 4 heteroatoms. The summed E-state index contributed by atoms with van der Waals surface area (Å²) in [6, 6.07) is 0. The van der Waals surface area contributed by atoms with Gasteiger partial charge in [0.1, 0.15) is 0 Å². The van der Waals surface area contributed by atoms with Crippen molar-refractivity contribution in [2.24, 2.45) is 5.92 Å². The maximum absolute atomic E-state index is 11.4. The molecule has 0 heterocycles. The molecule has 0 N–H and O–H groups in total. The van der Waals surface area contributed by atoms with Crippen molar-refractivity contribution in [3.63, 3.8) is 0 Å². The van der Waals surface area contributed by atoms with E-state index in [1.54, 1.807) is 0 Å². The van der Waals surface area contributed by atoms with Crippen molar-refractivity contribution in [1.29, 1.82) is 0 Å². The lowest BCUT2D eigenvalue weighted by Crippen LogP contribution is -2.11. The van der Waals surface area contributed by atoms with Crippen molar-refractivity contribution in [3.8, 4) is 0 Å². The predicted molar refractivity (Wildman–Crippen MR) is 94.7 cm³/mol. The lowest BCUT2D eigenvalue weighted by Gasteiger charge is -2.08. The quantitative estimate of drug-likeness (QED) is 0.285. The summed E-state index contributed by atoms with van der Waals surface area (Å²) >= 11 is 0. The van der Waals surface area contributed by atoms with E-state index in [2.05, 4.69) is 6.92 Å². The molecule has 0 rings (SSSR count). The summed E-state index contributed by atoms with van der Waals surface area (Å²) in [4.78, 5) is 11.4. The highest BCUT2D eigenvalue weighted by Crippen LogP contribution is 2.06. The van der Waals surface area contributed by atoms with E-state index >= 15 is 0 Å². The third kappa shape index (κ3) is 19.3. The Labute approximate surface area is 143 Å². The fourth-order valence-electron chi connectivity index (χ4n) is 2.13. The predicted octanol–water partition coefficient (Wildman–Crippen LogP) is 4.75. The maximum Gasteiger partial charge on any atom is 0.305 e. The van der Waals surface area contributed by atoms with Gasteiger partial charge in [-0.15, -0.1) is 0 Å². The van der Waals surface area contributed by atoms with E-state index in [4.69, 9.17) is 14.2 Å². The molecule has 23 heavy (non-hydrogen) atoms. The molecule has 0 atom stereocenters. The Morgan fingerprint density at radius 3 is 1.96 bits per heavy atom. The van der Waals surface area contributed by atoms with Gasteiger partial charge in [0.15, 0.2) is 0 Å². The van der Waals surface area contributed by atoms with Crippen LogP contribution in [0.25, 0.3) is 0 Å². The van der Waals surface area contributed by atoms with Gasteiger partial charge < -0.3 is 14.2 Å². The summed E-state index contributed by atoms with van der Waals surface area (Å²) in [5, 5.41) is 0. The van der Waals surface area contributed by atoms with Crippen LogP contribution in [0.2, 0.25) is 0 Å². The first-order valence-corrected chi connectivity index (χ1v) is 9.48. The lowest BCUT2D eigenvalue weighted by molar-refractivity contribution is -0.145. The van der Waals surface area contributed by atoms with Crippen LogP contribution < -0.4 is 0 Å². The zero-order valence-electron chi connectivity index (χ0n) is 15.6. The summed E-state index contributed by atoms with van der Waals surface area (Å²) in [6.07, 6.45) is 10.3. The normalized spacial score (nSPS) is 11.1. The molecule has 0 spiro atoms. The molecular formula is C19H38O4. The zero-order valence-corrected chi connectivity index (χ0v) is 15.6. The van der Waals surface area contributed by atoms with Gasteiger partial charge in [0, 0.05) is 19.6 Å². The zero-order chi connectivity index (χ0) is 17.2. The smallest absolute Gasteiger partial charge is 0.305 e. The van der Waals surface area contributed by atoms with Gasteiger partial charge in [-0.25, -0.2) is 0 Å². The third-order valence-corrected chi connectivity index (χ3v) is 3.51. The Kier molecular flexibility index (Phi) is 17.3. The van der Waals surface area contributed by atoms with Crippen molar-refractivity contribution in [2.45, 2.75) is 78.6 Å². The van der Waals surface area contributed by atoms with E-state index in [0.29, 0.717) is 45.2 Å². The summed E-state index contributed by atoms with van der Waals surface area (Å²) in [7, 11) is 0. The second kappa shape index (κ2) is 17.7. The van der Waals surface area contributed by atoms with Crippen molar-refractivity contribution in [1.82, 2.24) is 0 Å². The van der Waals surface area contributed by atoms with Crippen LogP contribution in [0.3, 0.4) is 0 Å². The summed E-state index contributed by atoms with van der Waals surface area (Å²) in [5.74, 6) is 0.265. The molecule has 0 saturated heterocycles. The number of rotatable bonds is 17. The Hall–Kier alpha value is -0.610. The topological polar surface area (TPSA) is 44.8 Å². The number of ether oxygens (including phenoxy) is 3. The second-order valence-corrected chi connectivity index (χ2v) is 6.53. The van der Waals surface area contributed by atoms with E-state index in [-0.39, 0.29) is 5.97 Å². The molecule has 0 fully saturated rings. The van der Waals surface area contributed by atoms with E-state index in [1.165, 1.54) is 38.5 Å². The molecule has 0 radical (unpaired) electrons. The summed E-state index contributed by atoms with van der Waals surface area (Å²) in [5.41, 5.74) is 0. The van der Waals surface area contributed by atoms with E-state index in [9.17, 15) is 4.79 Å². The molecular weight excluding hydrogens is 292 g/mol. The van der Waals surface area contributed by atoms with Gasteiger partial charge in [-0.1, -0.05) is 59.3 Å². The minimum Gasteiger partial charge on any atom is -0.465 e. The minimum absolute atomic E-state index is 0.127. The van der Waals surface area contributed by atoms with E-state index in [1.807, 2.05) is 13.8 Å². The van der Waals surface area contributed by atoms with E-state index < -0.39 is 0 Å². The number of carbonyl (C=O) groups is 1. The summed E-state index contributed by atoms with van der Waals surface area (Å²) in [6.45, 7) is 9.49.